The fourth-order valence-electron chi connectivity index (χ4n) is 0.902. The molecule has 0 aliphatic rings. The first kappa shape index (κ1) is 10.5. The second kappa shape index (κ2) is 5.18. The van der Waals surface area contributed by atoms with Gasteiger partial charge in [0.15, 0.2) is 0 Å². The van der Waals surface area contributed by atoms with Crippen molar-refractivity contribution >= 4 is 17.3 Å². The summed E-state index contributed by atoms with van der Waals surface area (Å²) < 4.78 is 4.94. The zero-order valence-electron chi connectivity index (χ0n) is 7.99. The first-order valence-corrected chi connectivity index (χ1v) is 4.31. The van der Waals surface area contributed by atoms with Gasteiger partial charge in [-0.15, -0.1) is 0 Å². The number of rotatable bonds is 4. The van der Waals surface area contributed by atoms with Crippen molar-refractivity contribution in [3.8, 4) is 0 Å². The summed E-state index contributed by atoms with van der Waals surface area (Å²) in [6, 6.07) is 1.64. The highest BCUT2D eigenvalue weighted by atomic mass is 16.5. The van der Waals surface area contributed by atoms with Gasteiger partial charge < -0.3 is 15.8 Å². The molecule has 1 aromatic heterocycles. The molecule has 1 amide bonds. The van der Waals surface area contributed by atoms with Crippen molar-refractivity contribution in [1.29, 1.82) is 0 Å². The molecular weight excluding hydrogens is 182 g/mol. The molecule has 0 bridgehead atoms. The number of nitrogen functional groups attached to an aromatic ring is 1. The average Bonchev–Trinajstić information content (AvgIpc) is 2.18. The predicted octanol–water partition coefficient (Wildman–Crippen LogP) is 0.639. The minimum absolute atomic E-state index is 0.0399. The molecule has 0 aliphatic heterocycles. The molecule has 0 spiro atoms. The van der Waals surface area contributed by atoms with E-state index >= 15 is 0 Å². The van der Waals surface area contributed by atoms with Crippen LogP contribution in [-0.2, 0) is 9.53 Å². The van der Waals surface area contributed by atoms with Crippen molar-refractivity contribution in [1.82, 2.24) is 4.98 Å². The van der Waals surface area contributed by atoms with Crippen LogP contribution in [0.15, 0.2) is 18.5 Å². The number of aromatic nitrogens is 1. The Morgan fingerprint density at radius 2 is 2.50 bits per heavy atom. The lowest BCUT2D eigenvalue weighted by molar-refractivity contribution is -0.120. The van der Waals surface area contributed by atoms with Gasteiger partial charge in [0.25, 0.3) is 0 Å². The molecule has 0 fully saturated rings. The number of nitrogens with zero attached hydrogens (tertiary/aromatic N) is 1. The molecule has 0 unspecified atom stereocenters. The number of pyridine rings is 1. The Kier molecular flexibility index (Phi) is 3.87. The highest BCUT2D eigenvalue weighted by molar-refractivity contribution is 5.94. The quantitative estimate of drug-likeness (QED) is 0.739. The summed E-state index contributed by atoms with van der Waals surface area (Å²) in [6.45, 7) is 2.38. The number of nitrogens with one attached hydrogen (secondary N) is 1. The highest BCUT2D eigenvalue weighted by Crippen LogP contribution is 2.14. The minimum atomic E-state index is -0.218. The van der Waals surface area contributed by atoms with E-state index in [9.17, 15) is 4.79 Å². The van der Waals surface area contributed by atoms with Crippen molar-refractivity contribution < 1.29 is 9.53 Å². The zero-order chi connectivity index (χ0) is 10.4. The van der Waals surface area contributed by atoms with E-state index in [2.05, 4.69) is 10.3 Å². The molecule has 1 heterocycles. The Labute approximate surface area is 82.3 Å². The van der Waals surface area contributed by atoms with Crippen LogP contribution in [0.3, 0.4) is 0 Å². The molecule has 0 aromatic carbocycles. The van der Waals surface area contributed by atoms with Crippen molar-refractivity contribution in [2.45, 2.75) is 6.92 Å². The minimum Gasteiger partial charge on any atom is -0.396 e. The van der Waals surface area contributed by atoms with Crippen molar-refractivity contribution in [3.05, 3.63) is 18.5 Å². The third-order valence-electron chi connectivity index (χ3n) is 1.56. The van der Waals surface area contributed by atoms with E-state index < -0.39 is 0 Å². The van der Waals surface area contributed by atoms with Gasteiger partial charge in [-0.2, -0.15) is 0 Å². The highest BCUT2D eigenvalue weighted by Gasteiger charge is 2.03. The van der Waals surface area contributed by atoms with Crippen LogP contribution in [0.4, 0.5) is 11.4 Å². The van der Waals surface area contributed by atoms with Crippen molar-refractivity contribution in [2.75, 3.05) is 24.3 Å². The molecule has 0 saturated carbocycles. The summed E-state index contributed by atoms with van der Waals surface area (Å²) >= 11 is 0. The van der Waals surface area contributed by atoms with Crippen LogP contribution >= 0.6 is 0 Å². The van der Waals surface area contributed by atoms with E-state index in [4.69, 9.17) is 10.5 Å². The van der Waals surface area contributed by atoms with Crippen LogP contribution in [0.1, 0.15) is 6.92 Å². The molecule has 1 rings (SSSR count). The van der Waals surface area contributed by atoms with Gasteiger partial charge in [-0.1, -0.05) is 0 Å². The Hall–Kier alpha value is -1.62. The fraction of sp³-hybridized carbons (Fsp3) is 0.333. The lowest BCUT2D eigenvalue weighted by Gasteiger charge is -2.06. The van der Waals surface area contributed by atoms with Gasteiger partial charge in [0.1, 0.15) is 6.61 Å². The number of nitrogens with two attached hydrogens (primary N) is 1. The van der Waals surface area contributed by atoms with Crippen molar-refractivity contribution in [2.24, 2.45) is 0 Å². The smallest absolute Gasteiger partial charge is 0.250 e. The number of ether oxygens (including phenoxy) is 1. The SMILES string of the molecule is CCOCC(=O)Nc1ccncc1N. The molecule has 5 heteroatoms. The maximum Gasteiger partial charge on any atom is 0.250 e. The molecular formula is C9H13N3O2. The Morgan fingerprint density at radius 3 is 3.14 bits per heavy atom. The van der Waals surface area contributed by atoms with E-state index in [0.717, 1.165) is 0 Å². The summed E-state index contributed by atoms with van der Waals surface area (Å²) in [7, 11) is 0. The average molecular weight is 195 g/mol. The molecule has 1 aromatic rings. The van der Waals surface area contributed by atoms with Crippen LogP contribution in [0.5, 0.6) is 0 Å². The Bertz CT molecular complexity index is 315. The van der Waals surface area contributed by atoms with Gasteiger partial charge in [-0.3, -0.25) is 9.78 Å². The number of hydrogen-bond donors (Lipinski definition) is 2. The maximum absolute atomic E-state index is 11.2. The third kappa shape index (κ3) is 3.02. The summed E-state index contributed by atoms with van der Waals surface area (Å²) in [5, 5.41) is 2.62. The monoisotopic (exact) mass is 195 g/mol. The number of anilines is 2. The molecule has 76 valence electrons. The van der Waals surface area contributed by atoms with Crippen LogP contribution < -0.4 is 11.1 Å². The first-order chi connectivity index (χ1) is 6.74. The Morgan fingerprint density at radius 1 is 1.71 bits per heavy atom. The molecule has 0 saturated heterocycles. The van der Waals surface area contributed by atoms with Gasteiger partial charge in [0.05, 0.1) is 17.6 Å². The largest absolute Gasteiger partial charge is 0.396 e. The van der Waals surface area contributed by atoms with E-state index in [1.165, 1.54) is 6.20 Å². The summed E-state index contributed by atoms with van der Waals surface area (Å²) in [4.78, 5) is 15.0. The first-order valence-electron chi connectivity index (χ1n) is 4.31. The lowest BCUT2D eigenvalue weighted by atomic mass is 10.3. The standard InChI is InChI=1S/C9H13N3O2/c1-2-14-6-9(13)12-8-3-4-11-5-7(8)10/h3-5H,2,6,10H2,1H3,(H,11,12,13). The van der Waals surface area contributed by atoms with E-state index in [1.54, 1.807) is 12.3 Å². The predicted molar refractivity (Wildman–Crippen MR) is 53.8 cm³/mol. The van der Waals surface area contributed by atoms with Gasteiger partial charge in [0, 0.05) is 12.8 Å². The van der Waals surface area contributed by atoms with Crippen molar-refractivity contribution in [3.63, 3.8) is 0 Å². The van der Waals surface area contributed by atoms with Gasteiger partial charge >= 0.3 is 0 Å². The van der Waals surface area contributed by atoms with Crippen LogP contribution in [-0.4, -0.2) is 24.1 Å². The molecule has 14 heavy (non-hydrogen) atoms. The fourth-order valence-corrected chi connectivity index (χ4v) is 0.902. The summed E-state index contributed by atoms with van der Waals surface area (Å²) in [6.07, 6.45) is 3.04. The van der Waals surface area contributed by atoms with E-state index in [-0.39, 0.29) is 12.5 Å². The molecule has 3 N–H and O–H groups in total. The normalized spacial score (nSPS) is 9.79. The molecule has 0 atom stereocenters. The van der Waals surface area contributed by atoms with Crippen LogP contribution in [0, 0.1) is 0 Å². The van der Waals surface area contributed by atoms with E-state index in [0.29, 0.717) is 18.0 Å². The van der Waals surface area contributed by atoms with E-state index in [1.807, 2.05) is 6.92 Å². The topological polar surface area (TPSA) is 77.2 Å². The zero-order valence-corrected chi connectivity index (χ0v) is 7.99. The number of hydrogen-bond acceptors (Lipinski definition) is 4. The van der Waals surface area contributed by atoms with Gasteiger partial charge in [0.2, 0.25) is 5.91 Å². The summed E-state index contributed by atoms with van der Waals surface area (Å²) in [5.74, 6) is -0.218. The van der Waals surface area contributed by atoms with Crippen LogP contribution in [0.2, 0.25) is 0 Å². The number of carbonyl (C=O) groups excluding carboxylic acids is 1. The second-order valence-electron chi connectivity index (χ2n) is 2.65. The Balaban J connectivity index is 2.52. The third-order valence-corrected chi connectivity index (χ3v) is 1.56. The number of carbonyl (C=O) groups is 1. The number of amides is 1. The molecule has 0 aliphatic carbocycles. The summed E-state index contributed by atoms with van der Waals surface area (Å²) in [5.41, 5.74) is 6.58. The lowest BCUT2D eigenvalue weighted by Crippen LogP contribution is -2.18. The van der Waals surface area contributed by atoms with Gasteiger partial charge in [-0.25, -0.2) is 0 Å². The molecule has 0 radical (unpaired) electrons. The molecule has 5 nitrogen and oxygen atoms in total. The second-order valence-corrected chi connectivity index (χ2v) is 2.65. The van der Waals surface area contributed by atoms with Gasteiger partial charge in [-0.05, 0) is 13.0 Å². The van der Waals surface area contributed by atoms with Crippen LogP contribution in [0.25, 0.3) is 0 Å². The maximum atomic E-state index is 11.2.